The van der Waals surface area contributed by atoms with Crippen LogP contribution in [0, 0.1) is 0 Å². The molecule has 8 nitrogen and oxygen atoms in total. The summed E-state index contributed by atoms with van der Waals surface area (Å²) in [6.07, 6.45) is 5.61. The van der Waals surface area contributed by atoms with Crippen molar-refractivity contribution in [3.63, 3.8) is 0 Å². The summed E-state index contributed by atoms with van der Waals surface area (Å²) in [7, 11) is 0. The van der Waals surface area contributed by atoms with Gasteiger partial charge in [0.15, 0.2) is 0 Å². The van der Waals surface area contributed by atoms with Crippen LogP contribution < -0.4 is 5.32 Å². The lowest BCUT2D eigenvalue weighted by Crippen LogP contribution is -2.45. The average molecular weight is 430 g/mol. The molecule has 4 bridgehead atoms. The SMILES string of the molecule is O=C(O)[C@@H]1C[C@@H]2CN1C(=O)CNCCCCCCCc1cccc3c1CN(C3)C(=O)O2. The highest BCUT2D eigenvalue weighted by Gasteiger charge is 2.42. The van der Waals surface area contributed by atoms with Gasteiger partial charge in [0.1, 0.15) is 12.1 Å². The number of aliphatic carboxylic acids is 1. The van der Waals surface area contributed by atoms with E-state index in [1.807, 2.05) is 0 Å². The van der Waals surface area contributed by atoms with Crippen LogP contribution in [0.15, 0.2) is 18.2 Å². The number of nitrogens with zero attached hydrogens (tertiary/aromatic N) is 2. The number of carboxylic acids is 1. The van der Waals surface area contributed by atoms with Crippen molar-refractivity contribution in [1.29, 1.82) is 0 Å². The number of hydrogen-bond donors (Lipinski definition) is 2. The lowest BCUT2D eigenvalue weighted by atomic mass is 9.98. The molecule has 2 atom stereocenters. The molecule has 0 unspecified atom stereocenters. The van der Waals surface area contributed by atoms with Gasteiger partial charge in [-0.05, 0) is 42.5 Å². The first kappa shape index (κ1) is 21.6. The number of carbonyl (C=O) groups is 3. The number of fused-ring (bicyclic) bond motifs is 3. The topological polar surface area (TPSA) is 99.2 Å². The van der Waals surface area contributed by atoms with Crippen LogP contribution in [0.2, 0.25) is 0 Å². The molecule has 3 aliphatic heterocycles. The van der Waals surface area contributed by atoms with Crippen molar-refractivity contribution in [2.45, 2.75) is 70.2 Å². The molecule has 4 rings (SSSR count). The summed E-state index contributed by atoms with van der Waals surface area (Å²) in [5, 5.41) is 12.7. The Kier molecular flexibility index (Phi) is 6.75. The number of amides is 2. The molecule has 0 saturated carbocycles. The summed E-state index contributed by atoms with van der Waals surface area (Å²) < 4.78 is 5.65. The number of aryl methyl sites for hydroxylation is 1. The molecule has 3 aliphatic rings. The predicted octanol–water partition coefficient (Wildman–Crippen LogP) is 2.29. The largest absolute Gasteiger partial charge is 0.480 e. The van der Waals surface area contributed by atoms with Gasteiger partial charge in [0, 0.05) is 19.5 Å². The van der Waals surface area contributed by atoms with E-state index < -0.39 is 24.2 Å². The van der Waals surface area contributed by atoms with Gasteiger partial charge in [0.25, 0.3) is 0 Å². The maximum absolute atomic E-state index is 12.8. The molecule has 1 aromatic carbocycles. The Balaban J connectivity index is 1.49. The summed E-state index contributed by atoms with van der Waals surface area (Å²) in [6, 6.07) is 5.30. The van der Waals surface area contributed by atoms with E-state index in [9.17, 15) is 19.5 Å². The number of nitrogens with one attached hydrogen (secondary N) is 1. The van der Waals surface area contributed by atoms with Crippen LogP contribution in [0.1, 0.15) is 55.2 Å². The molecule has 168 valence electrons. The van der Waals surface area contributed by atoms with Crippen molar-refractivity contribution in [3.05, 3.63) is 34.9 Å². The van der Waals surface area contributed by atoms with E-state index in [4.69, 9.17) is 4.74 Å². The van der Waals surface area contributed by atoms with Gasteiger partial charge in [-0.15, -0.1) is 0 Å². The third kappa shape index (κ3) is 5.01. The van der Waals surface area contributed by atoms with E-state index >= 15 is 0 Å². The number of carbonyl (C=O) groups excluding carboxylic acids is 2. The standard InChI is InChI=1S/C23H31N3O5/c27-21-12-24-10-5-3-1-2-4-7-16-8-6-9-17-13-25(15-19(16)17)23(30)31-18-11-20(22(28)29)26(21)14-18/h6,8-9,18,20,24H,1-5,7,10-15H2,(H,28,29)/t18-,20+/m1/s1. The zero-order valence-electron chi connectivity index (χ0n) is 17.8. The zero-order valence-corrected chi connectivity index (χ0v) is 17.8. The van der Waals surface area contributed by atoms with Crippen molar-refractivity contribution in [2.75, 3.05) is 19.6 Å². The lowest BCUT2D eigenvalue weighted by molar-refractivity contribution is -0.147. The Morgan fingerprint density at radius 3 is 2.68 bits per heavy atom. The molecule has 0 spiro atoms. The summed E-state index contributed by atoms with van der Waals surface area (Å²) in [5.41, 5.74) is 3.67. The summed E-state index contributed by atoms with van der Waals surface area (Å²) in [4.78, 5) is 40.1. The fourth-order valence-corrected chi connectivity index (χ4v) is 4.86. The van der Waals surface area contributed by atoms with Crippen LogP contribution in [-0.4, -0.2) is 64.7 Å². The Morgan fingerprint density at radius 2 is 1.84 bits per heavy atom. The van der Waals surface area contributed by atoms with Crippen LogP contribution in [-0.2, 0) is 33.8 Å². The first-order chi connectivity index (χ1) is 15.0. The van der Waals surface area contributed by atoms with Crippen molar-refractivity contribution in [2.24, 2.45) is 0 Å². The van der Waals surface area contributed by atoms with Crippen molar-refractivity contribution in [3.8, 4) is 0 Å². The summed E-state index contributed by atoms with van der Waals surface area (Å²) in [6.45, 7) is 1.98. The molecule has 0 aliphatic carbocycles. The third-order valence-corrected chi connectivity index (χ3v) is 6.55. The minimum atomic E-state index is -1.06. The average Bonchev–Trinajstić information content (AvgIpc) is 3.36. The van der Waals surface area contributed by atoms with Gasteiger partial charge in [-0.3, -0.25) is 9.69 Å². The molecule has 8 heteroatoms. The third-order valence-electron chi connectivity index (χ3n) is 6.55. The lowest BCUT2D eigenvalue weighted by Gasteiger charge is -2.22. The number of rotatable bonds is 1. The number of ether oxygens (including phenoxy) is 1. The van der Waals surface area contributed by atoms with E-state index in [1.54, 1.807) is 4.90 Å². The normalized spacial score (nSPS) is 25.5. The second-order valence-corrected chi connectivity index (χ2v) is 8.75. The summed E-state index contributed by atoms with van der Waals surface area (Å²) in [5.74, 6) is -1.32. The van der Waals surface area contributed by atoms with E-state index in [0.717, 1.165) is 50.6 Å². The molecule has 2 amide bonds. The van der Waals surface area contributed by atoms with E-state index in [-0.39, 0.29) is 25.4 Å². The molecule has 1 fully saturated rings. The van der Waals surface area contributed by atoms with Crippen LogP contribution in [0.25, 0.3) is 0 Å². The van der Waals surface area contributed by atoms with Gasteiger partial charge in [0.05, 0.1) is 13.1 Å². The molecule has 0 radical (unpaired) electrons. The molecule has 1 aromatic rings. The van der Waals surface area contributed by atoms with Crippen LogP contribution >= 0.6 is 0 Å². The van der Waals surface area contributed by atoms with E-state index in [1.165, 1.54) is 16.0 Å². The second-order valence-electron chi connectivity index (χ2n) is 8.75. The number of carboxylic acid groups (broad SMARTS) is 1. The zero-order chi connectivity index (χ0) is 21.8. The minimum Gasteiger partial charge on any atom is -0.480 e. The van der Waals surface area contributed by atoms with Crippen LogP contribution in [0.3, 0.4) is 0 Å². The smallest absolute Gasteiger partial charge is 0.410 e. The minimum absolute atomic E-state index is 0.105. The number of benzene rings is 1. The van der Waals surface area contributed by atoms with Crippen molar-refractivity contribution in [1.82, 2.24) is 15.1 Å². The van der Waals surface area contributed by atoms with Gasteiger partial charge in [-0.2, -0.15) is 0 Å². The Morgan fingerprint density at radius 1 is 1.06 bits per heavy atom. The predicted molar refractivity (Wildman–Crippen MR) is 113 cm³/mol. The molecule has 2 N–H and O–H groups in total. The van der Waals surface area contributed by atoms with Crippen LogP contribution in [0.4, 0.5) is 4.79 Å². The molecule has 0 aromatic heterocycles. The first-order valence-electron chi connectivity index (χ1n) is 11.3. The monoisotopic (exact) mass is 429 g/mol. The highest BCUT2D eigenvalue weighted by molar-refractivity contribution is 5.85. The van der Waals surface area contributed by atoms with Crippen molar-refractivity contribution < 1.29 is 24.2 Å². The maximum atomic E-state index is 12.8. The Hall–Kier alpha value is -2.61. The van der Waals surface area contributed by atoms with Crippen molar-refractivity contribution >= 4 is 18.0 Å². The molecule has 3 heterocycles. The summed E-state index contributed by atoms with van der Waals surface area (Å²) >= 11 is 0. The fraction of sp³-hybridized carbons (Fsp3) is 0.609. The van der Waals surface area contributed by atoms with Gasteiger partial charge in [0.2, 0.25) is 5.91 Å². The Bertz CT molecular complexity index is 843. The van der Waals surface area contributed by atoms with Gasteiger partial charge >= 0.3 is 12.1 Å². The number of hydrogen-bond acceptors (Lipinski definition) is 5. The quantitative estimate of drug-likeness (QED) is 0.711. The Labute approximate surface area is 182 Å². The molecule has 31 heavy (non-hydrogen) atoms. The van der Waals surface area contributed by atoms with E-state index in [2.05, 4.69) is 23.5 Å². The fourth-order valence-electron chi connectivity index (χ4n) is 4.86. The van der Waals surface area contributed by atoms with Gasteiger partial charge in [-0.25, -0.2) is 9.59 Å². The first-order valence-corrected chi connectivity index (χ1v) is 11.3. The molecular weight excluding hydrogens is 398 g/mol. The van der Waals surface area contributed by atoms with Gasteiger partial charge < -0.3 is 20.1 Å². The van der Waals surface area contributed by atoms with E-state index in [0.29, 0.717) is 13.1 Å². The maximum Gasteiger partial charge on any atom is 0.410 e. The van der Waals surface area contributed by atoms with Gasteiger partial charge in [-0.1, -0.05) is 37.5 Å². The molecular formula is C23H31N3O5. The molecule has 1 saturated heterocycles. The highest BCUT2D eigenvalue weighted by Crippen LogP contribution is 2.29. The van der Waals surface area contributed by atoms with Crippen LogP contribution in [0.5, 0.6) is 0 Å². The highest BCUT2D eigenvalue weighted by atomic mass is 16.6. The second kappa shape index (κ2) is 9.68.